The normalized spacial score (nSPS) is 11.5. The Morgan fingerprint density at radius 2 is 1.95 bits per heavy atom. The third kappa shape index (κ3) is 3.29. The Morgan fingerprint density at radius 1 is 1.29 bits per heavy atom. The standard InChI is InChI=1S/C16H13BrN2O2/c1-10(17)15-13(16(20)21-2)7-8-14(19-15)12-5-3-11(9-18)4-6-12/h3-8,10H,1-2H3. The van der Waals surface area contributed by atoms with Gasteiger partial charge in [-0.3, -0.25) is 4.98 Å². The number of halogens is 1. The molecular formula is C16H13BrN2O2. The zero-order chi connectivity index (χ0) is 15.4. The Morgan fingerprint density at radius 3 is 2.48 bits per heavy atom. The molecule has 0 saturated carbocycles. The van der Waals surface area contributed by atoms with E-state index < -0.39 is 5.97 Å². The number of nitrogens with zero attached hydrogens (tertiary/aromatic N) is 2. The number of benzene rings is 1. The second-order valence-electron chi connectivity index (χ2n) is 4.43. The Balaban J connectivity index is 2.48. The van der Waals surface area contributed by atoms with Crippen LogP contribution in [0.5, 0.6) is 0 Å². The summed E-state index contributed by atoms with van der Waals surface area (Å²) in [5.74, 6) is -0.407. The first-order chi connectivity index (χ1) is 10.1. The van der Waals surface area contributed by atoms with Gasteiger partial charge < -0.3 is 4.74 Å². The molecule has 1 aromatic heterocycles. The molecule has 0 spiro atoms. The van der Waals surface area contributed by atoms with Crippen LogP contribution in [0.3, 0.4) is 0 Å². The van der Waals surface area contributed by atoms with Gasteiger partial charge in [-0.1, -0.05) is 28.1 Å². The van der Waals surface area contributed by atoms with E-state index in [4.69, 9.17) is 10.00 Å². The van der Waals surface area contributed by atoms with Crippen LogP contribution in [0.2, 0.25) is 0 Å². The van der Waals surface area contributed by atoms with Crippen molar-refractivity contribution in [2.45, 2.75) is 11.8 Å². The average Bonchev–Trinajstić information content (AvgIpc) is 2.53. The molecule has 21 heavy (non-hydrogen) atoms. The molecule has 0 radical (unpaired) electrons. The first-order valence-electron chi connectivity index (χ1n) is 6.30. The van der Waals surface area contributed by atoms with Crippen LogP contribution in [-0.4, -0.2) is 18.1 Å². The maximum Gasteiger partial charge on any atom is 0.339 e. The van der Waals surface area contributed by atoms with Gasteiger partial charge >= 0.3 is 5.97 Å². The Labute approximate surface area is 131 Å². The van der Waals surface area contributed by atoms with Gasteiger partial charge in [0.2, 0.25) is 0 Å². The van der Waals surface area contributed by atoms with Crippen molar-refractivity contribution in [1.29, 1.82) is 5.26 Å². The predicted octanol–water partition coefficient (Wildman–Crippen LogP) is 3.86. The molecule has 106 valence electrons. The average molecular weight is 345 g/mol. The second kappa shape index (κ2) is 6.51. The number of pyridine rings is 1. The lowest BCUT2D eigenvalue weighted by Gasteiger charge is -2.11. The molecule has 1 heterocycles. The summed E-state index contributed by atoms with van der Waals surface area (Å²) in [6, 6.07) is 12.7. The minimum absolute atomic E-state index is 0.0788. The monoisotopic (exact) mass is 344 g/mol. The van der Waals surface area contributed by atoms with E-state index in [-0.39, 0.29) is 4.83 Å². The number of esters is 1. The number of nitriles is 1. The molecule has 2 rings (SSSR count). The summed E-state index contributed by atoms with van der Waals surface area (Å²) >= 11 is 3.45. The first-order valence-corrected chi connectivity index (χ1v) is 7.22. The topological polar surface area (TPSA) is 63.0 Å². The lowest BCUT2D eigenvalue weighted by Crippen LogP contribution is -2.08. The highest BCUT2D eigenvalue weighted by Crippen LogP contribution is 2.27. The third-order valence-corrected chi connectivity index (χ3v) is 3.45. The molecule has 1 aromatic carbocycles. The van der Waals surface area contributed by atoms with E-state index in [0.717, 1.165) is 11.3 Å². The van der Waals surface area contributed by atoms with Gasteiger partial charge in [0.15, 0.2) is 0 Å². The summed E-state index contributed by atoms with van der Waals surface area (Å²) in [6.45, 7) is 1.90. The van der Waals surface area contributed by atoms with Gasteiger partial charge in [-0.15, -0.1) is 0 Å². The molecular weight excluding hydrogens is 332 g/mol. The summed E-state index contributed by atoms with van der Waals surface area (Å²) < 4.78 is 4.77. The van der Waals surface area contributed by atoms with Crippen LogP contribution in [0.4, 0.5) is 0 Å². The second-order valence-corrected chi connectivity index (χ2v) is 5.80. The summed E-state index contributed by atoms with van der Waals surface area (Å²) in [6.07, 6.45) is 0. The maximum absolute atomic E-state index is 11.8. The SMILES string of the molecule is COC(=O)c1ccc(-c2ccc(C#N)cc2)nc1C(C)Br. The lowest BCUT2D eigenvalue weighted by molar-refractivity contribution is 0.0599. The van der Waals surface area contributed by atoms with E-state index in [1.54, 1.807) is 24.3 Å². The smallest absolute Gasteiger partial charge is 0.339 e. The Hall–Kier alpha value is -2.19. The highest BCUT2D eigenvalue weighted by Gasteiger charge is 2.17. The lowest BCUT2D eigenvalue weighted by atomic mass is 10.1. The van der Waals surface area contributed by atoms with Crippen LogP contribution >= 0.6 is 15.9 Å². The van der Waals surface area contributed by atoms with Gasteiger partial charge in [0.25, 0.3) is 0 Å². The van der Waals surface area contributed by atoms with Crippen LogP contribution in [-0.2, 0) is 4.74 Å². The van der Waals surface area contributed by atoms with E-state index in [1.165, 1.54) is 7.11 Å². The highest BCUT2D eigenvalue weighted by atomic mass is 79.9. The number of rotatable bonds is 3. The summed E-state index contributed by atoms with van der Waals surface area (Å²) in [4.78, 5) is 16.2. The highest BCUT2D eigenvalue weighted by molar-refractivity contribution is 9.09. The van der Waals surface area contributed by atoms with Crippen LogP contribution < -0.4 is 0 Å². The molecule has 1 unspecified atom stereocenters. The van der Waals surface area contributed by atoms with Crippen LogP contribution in [0.1, 0.15) is 33.4 Å². The fraction of sp³-hybridized carbons (Fsp3) is 0.188. The molecule has 2 aromatic rings. The van der Waals surface area contributed by atoms with Crippen molar-refractivity contribution in [3.05, 3.63) is 53.2 Å². The van der Waals surface area contributed by atoms with Crippen molar-refractivity contribution in [2.75, 3.05) is 7.11 Å². The van der Waals surface area contributed by atoms with E-state index in [9.17, 15) is 4.79 Å². The number of hydrogen-bond acceptors (Lipinski definition) is 4. The Bertz CT molecular complexity index is 703. The summed E-state index contributed by atoms with van der Waals surface area (Å²) in [7, 11) is 1.35. The van der Waals surface area contributed by atoms with Crippen LogP contribution in [0.25, 0.3) is 11.3 Å². The molecule has 0 amide bonds. The van der Waals surface area contributed by atoms with Crippen molar-refractivity contribution >= 4 is 21.9 Å². The van der Waals surface area contributed by atoms with Crippen molar-refractivity contribution < 1.29 is 9.53 Å². The number of hydrogen-bond donors (Lipinski definition) is 0. The summed E-state index contributed by atoms with van der Waals surface area (Å²) in [5, 5.41) is 8.82. The zero-order valence-electron chi connectivity index (χ0n) is 11.6. The number of carbonyl (C=O) groups excluding carboxylic acids is 1. The molecule has 5 heteroatoms. The van der Waals surface area contributed by atoms with Gasteiger partial charge in [0.05, 0.1) is 40.5 Å². The molecule has 0 aliphatic carbocycles. The van der Waals surface area contributed by atoms with Crippen molar-refractivity contribution in [2.24, 2.45) is 0 Å². The maximum atomic E-state index is 11.8. The zero-order valence-corrected chi connectivity index (χ0v) is 13.2. The quantitative estimate of drug-likeness (QED) is 0.626. The van der Waals surface area contributed by atoms with Crippen molar-refractivity contribution in [1.82, 2.24) is 4.98 Å². The minimum Gasteiger partial charge on any atom is -0.465 e. The molecule has 0 fully saturated rings. The molecule has 0 saturated heterocycles. The fourth-order valence-corrected chi connectivity index (χ4v) is 2.29. The molecule has 0 aliphatic heterocycles. The fourth-order valence-electron chi connectivity index (χ4n) is 1.94. The van der Waals surface area contributed by atoms with Gasteiger partial charge in [-0.25, -0.2) is 4.79 Å². The minimum atomic E-state index is -0.407. The van der Waals surface area contributed by atoms with Gasteiger partial charge in [0, 0.05) is 5.56 Å². The van der Waals surface area contributed by atoms with E-state index >= 15 is 0 Å². The van der Waals surface area contributed by atoms with Gasteiger partial charge in [-0.2, -0.15) is 5.26 Å². The summed E-state index contributed by atoms with van der Waals surface area (Å²) in [5.41, 5.74) is 3.30. The predicted molar refractivity (Wildman–Crippen MR) is 83.1 cm³/mol. The Kier molecular flexibility index (Phi) is 4.71. The van der Waals surface area contributed by atoms with Crippen molar-refractivity contribution in [3.63, 3.8) is 0 Å². The number of alkyl halides is 1. The largest absolute Gasteiger partial charge is 0.465 e. The van der Waals surface area contributed by atoms with E-state index in [1.807, 2.05) is 19.1 Å². The molecule has 0 aliphatic rings. The van der Waals surface area contributed by atoms with Crippen LogP contribution in [0.15, 0.2) is 36.4 Å². The molecule has 0 N–H and O–H groups in total. The molecule has 1 atom stereocenters. The van der Waals surface area contributed by atoms with E-state index in [0.29, 0.717) is 16.8 Å². The molecule has 4 nitrogen and oxygen atoms in total. The first kappa shape index (κ1) is 15.2. The number of ether oxygens (including phenoxy) is 1. The van der Waals surface area contributed by atoms with E-state index in [2.05, 4.69) is 27.0 Å². The van der Waals surface area contributed by atoms with Gasteiger partial charge in [0.1, 0.15) is 0 Å². The number of methoxy groups -OCH3 is 1. The third-order valence-electron chi connectivity index (χ3n) is 3.02. The van der Waals surface area contributed by atoms with Crippen LogP contribution in [0, 0.1) is 11.3 Å². The van der Waals surface area contributed by atoms with Gasteiger partial charge in [-0.05, 0) is 31.2 Å². The van der Waals surface area contributed by atoms with Crippen molar-refractivity contribution in [3.8, 4) is 17.3 Å². The number of carbonyl (C=O) groups is 1. The molecule has 0 bridgehead atoms. The number of aromatic nitrogens is 1.